The maximum atomic E-state index is 3.29. The minimum absolute atomic E-state index is 0.509. The molecule has 1 rings (SSSR count). The molecule has 2 nitrogen and oxygen atoms in total. The summed E-state index contributed by atoms with van der Waals surface area (Å²) in [4.78, 5) is 2.12. The number of benzene rings is 1. The molecule has 0 aromatic heterocycles. The lowest BCUT2D eigenvalue weighted by atomic mass is 9.94. The molecule has 0 aliphatic carbocycles. The predicted octanol–water partition coefficient (Wildman–Crippen LogP) is 2.46. The Balaban J connectivity index is 2.79. The smallest absolute Gasteiger partial charge is 0.0361 e. The first-order valence-electron chi connectivity index (χ1n) is 5.50. The van der Waals surface area contributed by atoms with Crippen LogP contribution in [0.4, 0.5) is 5.69 Å². The van der Waals surface area contributed by atoms with Crippen LogP contribution in [-0.4, -0.2) is 27.2 Å². The molecule has 0 saturated heterocycles. The first kappa shape index (κ1) is 12.1. The van der Waals surface area contributed by atoms with Gasteiger partial charge in [-0.1, -0.05) is 19.1 Å². The Kier molecular flexibility index (Phi) is 4.15. The molecule has 0 amide bonds. The summed E-state index contributed by atoms with van der Waals surface area (Å²) in [5.41, 5.74) is 2.64. The lowest BCUT2D eigenvalue weighted by molar-refractivity contribution is 0.524. The summed E-state index contributed by atoms with van der Waals surface area (Å²) in [5, 5.41) is 3.29. The minimum Gasteiger partial charge on any atom is -0.378 e. The van der Waals surface area contributed by atoms with Gasteiger partial charge in [0.15, 0.2) is 0 Å². The van der Waals surface area contributed by atoms with Gasteiger partial charge >= 0.3 is 0 Å². The van der Waals surface area contributed by atoms with Crippen LogP contribution < -0.4 is 10.2 Å². The van der Waals surface area contributed by atoms with E-state index in [1.54, 1.807) is 0 Å². The molecule has 2 unspecified atom stereocenters. The number of likely N-dealkylation sites (N-methyl/N-ethyl adjacent to an activating group) is 1. The van der Waals surface area contributed by atoms with Crippen molar-refractivity contribution in [2.24, 2.45) is 0 Å². The molecule has 0 aliphatic heterocycles. The average Bonchev–Trinajstić information content (AvgIpc) is 2.27. The molecule has 0 saturated carbocycles. The van der Waals surface area contributed by atoms with Crippen molar-refractivity contribution in [1.82, 2.24) is 5.32 Å². The van der Waals surface area contributed by atoms with Crippen LogP contribution in [0, 0.1) is 0 Å². The van der Waals surface area contributed by atoms with Gasteiger partial charge in [-0.25, -0.2) is 0 Å². The second-order valence-electron chi connectivity index (χ2n) is 4.35. The molecule has 0 aliphatic rings. The van der Waals surface area contributed by atoms with E-state index in [2.05, 4.69) is 62.4 Å². The predicted molar refractivity (Wildman–Crippen MR) is 67.7 cm³/mol. The molecule has 0 fully saturated rings. The number of nitrogens with one attached hydrogen (secondary N) is 1. The highest BCUT2D eigenvalue weighted by Gasteiger charge is 2.11. The third kappa shape index (κ3) is 2.96. The van der Waals surface area contributed by atoms with E-state index in [4.69, 9.17) is 0 Å². The van der Waals surface area contributed by atoms with E-state index in [-0.39, 0.29) is 0 Å². The Hall–Kier alpha value is -1.02. The molecule has 1 aromatic rings. The third-order valence-electron chi connectivity index (χ3n) is 3.14. The number of rotatable bonds is 4. The van der Waals surface area contributed by atoms with Gasteiger partial charge in [-0.15, -0.1) is 0 Å². The van der Waals surface area contributed by atoms with Crippen LogP contribution >= 0.6 is 0 Å². The van der Waals surface area contributed by atoms with Crippen molar-refractivity contribution < 1.29 is 0 Å². The standard InChI is InChI=1S/C13H22N2/c1-10(11(2)14-3)12-6-8-13(9-7-12)15(4)5/h6-11,14H,1-5H3. The van der Waals surface area contributed by atoms with Crippen molar-refractivity contribution in [3.05, 3.63) is 29.8 Å². The molecular weight excluding hydrogens is 184 g/mol. The molecule has 2 atom stereocenters. The highest BCUT2D eigenvalue weighted by molar-refractivity contribution is 5.46. The van der Waals surface area contributed by atoms with Crippen LogP contribution in [0.3, 0.4) is 0 Å². The fourth-order valence-electron chi connectivity index (χ4n) is 1.61. The van der Waals surface area contributed by atoms with Crippen molar-refractivity contribution in [2.75, 3.05) is 26.0 Å². The van der Waals surface area contributed by atoms with Crippen LogP contribution in [0.5, 0.6) is 0 Å². The Morgan fingerprint density at radius 1 is 1.07 bits per heavy atom. The first-order chi connectivity index (χ1) is 7.06. The lowest BCUT2D eigenvalue weighted by Crippen LogP contribution is -2.27. The normalized spacial score (nSPS) is 14.7. The highest BCUT2D eigenvalue weighted by Crippen LogP contribution is 2.21. The zero-order chi connectivity index (χ0) is 11.4. The molecule has 2 heteroatoms. The summed E-state index contributed by atoms with van der Waals surface area (Å²) >= 11 is 0. The maximum absolute atomic E-state index is 3.29. The molecule has 84 valence electrons. The highest BCUT2D eigenvalue weighted by atomic mass is 15.1. The quantitative estimate of drug-likeness (QED) is 0.814. The number of hydrogen-bond donors (Lipinski definition) is 1. The molecular formula is C13H22N2. The molecule has 0 bridgehead atoms. The van der Waals surface area contributed by atoms with Crippen LogP contribution in [0.15, 0.2) is 24.3 Å². The zero-order valence-electron chi connectivity index (χ0n) is 10.4. The summed E-state index contributed by atoms with van der Waals surface area (Å²) in [7, 11) is 6.14. The summed E-state index contributed by atoms with van der Waals surface area (Å²) in [6.45, 7) is 4.47. The molecule has 15 heavy (non-hydrogen) atoms. The second-order valence-corrected chi connectivity index (χ2v) is 4.35. The summed E-state index contributed by atoms with van der Waals surface area (Å²) in [5.74, 6) is 0.547. The Morgan fingerprint density at radius 3 is 2.00 bits per heavy atom. The van der Waals surface area contributed by atoms with Gasteiger partial charge in [-0.3, -0.25) is 0 Å². The Morgan fingerprint density at radius 2 is 1.60 bits per heavy atom. The number of anilines is 1. The van der Waals surface area contributed by atoms with Gasteiger partial charge in [-0.05, 0) is 37.6 Å². The lowest BCUT2D eigenvalue weighted by Gasteiger charge is -2.20. The van der Waals surface area contributed by atoms with Crippen molar-refractivity contribution >= 4 is 5.69 Å². The van der Waals surface area contributed by atoms with Crippen molar-refractivity contribution in [2.45, 2.75) is 25.8 Å². The van der Waals surface area contributed by atoms with Crippen molar-refractivity contribution in [3.63, 3.8) is 0 Å². The Bertz CT molecular complexity index is 290. The van der Waals surface area contributed by atoms with Gasteiger partial charge in [-0.2, -0.15) is 0 Å². The Labute approximate surface area is 93.3 Å². The van der Waals surface area contributed by atoms with E-state index in [0.29, 0.717) is 12.0 Å². The van der Waals surface area contributed by atoms with Crippen molar-refractivity contribution in [1.29, 1.82) is 0 Å². The van der Waals surface area contributed by atoms with Gasteiger partial charge in [0.2, 0.25) is 0 Å². The van der Waals surface area contributed by atoms with Crippen molar-refractivity contribution in [3.8, 4) is 0 Å². The summed E-state index contributed by atoms with van der Waals surface area (Å²) in [6.07, 6.45) is 0. The third-order valence-corrected chi connectivity index (χ3v) is 3.14. The summed E-state index contributed by atoms with van der Waals surface area (Å²) < 4.78 is 0. The van der Waals surface area contributed by atoms with Gasteiger partial charge in [0, 0.05) is 25.8 Å². The van der Waals surface area contributed by atoms with Gasteiger partial charge in [0.1, 0.15) is 0 Å². The van der Waals surface area contributed by atoms with Gasteiger partial charge in [0.25, 0.3) is 0 Å². The summed E-state index contributed by atoms with van der Waals surface area (Å²) in [6, 6.07) is 9.29. The number of nitrogens with zero attached hydrogens (tertiary/aromatic N) is 1. The van der Waals surface area contributed by atoms with E-state index in [9.17, 15) is 0 Å². The largest absolute Gasteiger partial charge is 0.378 e. The fourth-order valence-corrected chi connectivity index (χ4v) is 1.61. The van der Waals surface area contributed by atoms with Crippen LogP contribution in [0.25, 0.3) is 0 Å². The van der Waals surface area contributed by atoms with Crippen LogP contribution in [0.2, 0.25) is 0 Å². The van der Waals surface area contributed by atoms with Gasteiger partial charge in [0.05, 0.1) is 0 Å². The SMILES string of the molecule is CNC(C)C(C)c1ccc(N(C)C)cc1. The van der Waals surface area contributed by atoms with Crippen LogP contribution in [0.1, 0.15) is 25.3 Å². The molecule has 1 N–H and O–H groups in total. The minimum atomic E-state index is 0.509. The molecule has 1 aromatic carbocycles. The molecule has 0 heterocycles. The molecule has 0 spiro atoms. The number of hydrogen-bond acceptors (Lipinski definition) is 2. The first-order valence-corrected chi connectivity index (χ1v) is 5.50. The molecule has 0 radical (unpaired) electrons. The van der Waals surface area contributed by atoms with E-state index in [0.717, 1.165) is 0 Å². The average molecular weight is 206 g/mol. The van der Waals surface area contributed by atoms with Gasteiger partial charge < -0.3 is 10.2 Å². The van der Waals surface area contributed by atoms with E-state index >= 15 is 0 Å². The monoisotopic (exact) mass is 206 g/mol. The fraction of sp³-hybridized carbons (Fsp3) is 0.538. The zero-order valence-corrected chi connectivity index (χ0v) is 10.4. The van der Waals surface area contributed by atoms with Crippen LogP contribution in [-0.2, 0) is 0 Å². The topological polar surface area (TPSA) is 15.3 Å². The van der Waals surface area contributed by atoms with E-state index in [1.165, 1.54) is 11.3 Å². The van der Waals surface area contributed by atoms with E-state index in [1.807, 2.05) is 7.05 Å². The van der Waals surface area contributed by atoms with E-state index < -0.39 is 0 Å². The second kappa shape index (κ2) is 5.17. The maximum Gasteiger partial charge on any atom is 0.0361 e.